The summed E-state index contributed by atoms with van der Waals surface area (Å²) in [7, 11) is 0. The maximum Gasteiger partial charge on any atom is 0.329 e. The van der Waals surface area contributed by atoms with Crippen LogP contribution in [0.1, 0.15) is 38.4 Å². The second-order valence-electron chi connectivity index (χ2n) is 12.8. The van der Waals surface area contributed by atoms with Gasteiger partial charge in [-0.25, -0.2) is 9.78 Å². The summed E-state index contributed by atoms with van der Waals surface area (Å²) in [5.74, 6) is -2.35. The van der Waals surface area contributed by atoms with Gasteiger partial charge in [-0.15, -0.1) is 11.3 Å². The van der Waals surface area contributed by atoms with Gasteiger partial charge >= 0.3 is 5.97 Å². The lowest BCUT2D eigenvalue weighted by Crippen LogP contribution is -2.58. The van der Waals surface area contributed by atoms with Crippen molar-refractivity contribution in [2.45, 2.75) is 58.8 Å². The smallest absolute Gasteiger partial charge is 0.329 e. The van der Waals surface area contributed by atoms with Crippen molar-refractivity contribution in [3.05, 3.63) is 41.0 Å². The number of aliphatic hydroxyl groups is 1. The molecule has 50 heavy (non-hydrogen) atoms. The molecule has 1 unspecified atom stereocenters. The van der Waals surface area contributed by atoms with Gasteiger partial charge in [0.2, 0.25) is 17.7 Å². The van der Waals surface area contributed by atoms with Gasteiger partial charge < -0.3 is 49.4 Å². The Morgan fingerprint density at radius 1 is 0.920 bits per heavy atom. The van der Waals surface area contributed by atoms with E-state index in [1.807, 2.05) is 52.0 Å². The SMILES string of the molecule is Cc1ncsc1-c1ccc(CNC(=O)C2C[C@@H](O)CN2C(=O)[C@@H](NC(=O)COCCOCCOCCOCCOCC(=O)O)C(C)(C)C)cc1. The Bertz CT molecular complexity index is 1370. The normalized spacial score (nSPS) is 16.7. The number of ether oxygens (including phenoxy) is 5. The molecule has 0 saturated carbocycles. The molecule has 15 nitrogen and oxygen atoms in total. The third kappa shape index (κ3) is 14.0. The molecule has 4 N–H and O–H groups in total. The standard InChI is InChI=1S/C34H50N4O11S/c1-23-30(50-22-36-23)25-7-5-24(6-8-25)18-35-32(43)27-17-26(39)19-38(27)33(44)31(34(2,3)4)37-28(40)20-48-15-13-46-11-9-45-10-12-47-14-16-49-21-29(41)42/h5-8,22,26-27,31,39H,9-21H2,1-4H3,(H,35,43)(H,37,40)(H,41,42)/t26-,27?,31-/m1/s1. The third-order valence-corrected chi connectivity index (χ3v) is 8.64. The van der Waals surface area contributed by atoms with Gasteiger partial charge in [0.15, 0.2) is 0 Å². The Hall–Kier alpha value is -3.51. The Labute approximate surface area is 296 Å². The van der Waals surface area contributed by atoms with Crippen LogP contribution in [0.3, 0.4) is 0 Å². The molecule has 1 aliphatic heterocycles. The molecular weight excluding hydrogens is 672 g/mol. The van der Waals surface area contributed by atoms with Gasteiger partial charge in [0.1, 0.15) is 25.3 Å². The van der Waals surface area contributed by atoms with Crippen LogP contribution in [0, 0.1) is 12.3 Å². The van der Waals surface area contributed by atoms with Gasteiger partial charge in [-0.1, -0.05) is 45.0 Å². The number of nitrogens with zero attached hydrogens (tertiary/aromatic N) is 2. The minimum Gasteiger partial charge on any atom is -0.480 e. The van der Waals surface area contributed by atoms with E-state index in [1.165, 1.54) is 4.90 Å². The van der Waals surface area contributed by atoms with E-state index >= 15 is 0 Å². The number of carbonyl (C=O) groups excluding carboxylic acids is 3. The molecule has 0 bridgehead atoms. The number of hydrogen-bond donors (Lipinski definition) is 4. The minimum atomic E-state index is -1.03. The number of aliphatic carboxylic acids is 1. The molecule has 0 aliphatic carbocycles. The first kappa shape index (κ1) is 40.9. The number of aryl methyl sites for hydroxylation is 1. The first-order chi connectivity index (χ1) is 23.9. The Morgan fingerprint density at radius 2 is 1.48 bits per heavy atom. The summed E-state index contributed by atoms with van der Waals surface area (Å²) in [5, 5.41) is 24.6. The highest BCUT2D eigenvalue weighted by Crippen LogP contribution is 2.28. The van der Waals surface area contributed by atoms with Crippen molar-refractivity contribution in [3.8, 4) is 10.4 Å². The number of nitrogens with one attached hydrogen (secondary N) is 2. The van der Waals surface area contributed by atoms with Crippen LogP contribution in [-0.4, -0.2) is 135 Å². The van der Waals surface area contributed by atoms with E-state index in [0.29, 0.717) is 26.4 Å². The number of rotatable bonds is 22. The summed E-state index contributed by atoms with van der Waals surface area (Å²) in [6.07, 6.45) is -0.772. The number of carboxylic acid groups (broad SMARTS) is 1. The fourth-order valence-electron chi connectivity index (χ4n) is 5.08. The summed E-state index contributed by atoms with van der Waals surface area (Å²) >= 11 is 1.57. The zero-order valence-electron chi connectivity index (χ0n) is 29.2. The summed E-state index contributed by atoms with van der Waals surface area (Å²) in [6.45, 7) is 9.16. The van der Waals surface area contributed by atoms with Gasteiger partial charge in [-0.2, -0.15) is 0 Å². The Morgan fingerprint density at radius 3 is 2.00 bits per heavy atom. The predicted molar refractivity (Wildman–Crippen MR) is 183 cm³/mol. The highest BCUT2D eigenvalue weighted by Gasteiger charge is 2.44. The number of aliphatic hydroxyl groups excluding tert-OH is 1. The van der Waals surface area contributed by atoms with Crippen molar-refractivity contribution in [2.75, 3.05) is 72.6 Å². The third-order valence-electron chi connectivity index (χ3n) is 7.66. The van der Waals surface area contributed by atoms with Crippen molar-refractivity contribution >= 4 is 35.0 Å². The molecule has 2 aromatic rings. The van der Waals surface area contributed by atoms with Gasteiger partial charge in [0.05, 0.1) is 75.0 Å². The number of benzene rings is 1. The molecule has 3 amide bonds. The van der Waals surface area contributed by atoms with Crippen LogP contribution in [0.25, 0.3) is 10.4 Å². The molecule has 1 aromatic heterocycles. The molecule has 0 spiro atoms. The van der Waals surface area contributed by atoms with Crippen molar-refractivity contribution in [3.63, 3.8) is 0 Å². The van der Waals surface area contributed by atoms with E-state index in [0.717, 1.165) is 21.7 Å². The number of thiazole rings is 1. The van der Waals surface area contributed by atoms with E-state index in [1.54, 1.807) is 16.8 Å². The number of carbonyl (C=O) groups is 4. The van der Waals surface area contributed by atoms with Crippen LogP contribution in [0.15, 0.2) is 29.8 Å². The van der Waals surface area contributed by atoms with E-state index in [-0.39, 0.29) is 65.1 Å². The highest BCUT2D eigenvalue weighted by molar-refractivity contribution is 7.13. The number of carboxylic acids is 1. The zero-order chi connectivity index (χ0) is 36.5. The van der Waals surface area contributed by atoms with E-state index in [2.05, 4.69) is 15.6 Å². The lowest BCUT2D eigenvalue weighted by Gasteiger charge is -2.35. The number of β-amino-alcohol motifs (C(OH)–C–C–N with tert-alkyl or cyclic N) is 1. The van der Waals surface area contributed by atoms with Crippen molar-refractivity contribution in [1.82, 2.24) is 20.5 Å². The van der Waals surface area contributed by atoms with Crippen LogP contribution in [0.4, 0.5) is 0 Å². The molecule has 1 fully saturated rings. The molecule has 16 heteroatoms. The lowest BCUT2D eigenvalue weighted by molar-refractivity contribution is -0.144. The fraction of sp³-hybridized carbons (Fsp3) is 0.618. The van der Waals surface area contributed by atoms with E-state index < -0.39 is 41.4 Å². The largest absolute Gasteiger partial charge is 0.480 e. The minimum absolute atomic E-state index is 0.0175. The molecule has 0 radical (unpaired) electrons. The second-order valence-corrected chi connectivity index (χ2v) is 13.6. The number of aromatic nitrogens is 1. The lowest BCUT2D eigenvalue weighted by atomic mass is 9.85. The average Bonchev–Trinajstić information content (AvgIpc) is 3.68. The molecule has 3 rings (SSSR count). The first-order valence-corrected chi connectivity index (χ1v) is 17.4. The van der Waals surface area contributed by atoms with Crippen LogP contribution in [-0.2, 0) is 49.4 Å². The summed E-state index contributed by atoms with van der Waals surface area (Å²) in [5.41, 5.74) is 4.01. The van der Waals surface area contributed by atoms with Gasteiger partial charge in [0.25, 0.3) is 0 Å². The number of hydrogen-bond acceptors (Lipinski definition) is 12. The van der Waals surface area contributed by atoms with Crippen molar-refractivity contribution in [1.29, 1.82) is 0 Å². The fourth-order valence-corrected chi connectivity index (χ4v) is 5.90. The van der Waals surface area contributed by atoms with Crippen molar-refractivity contribution in [2.24, 2.45) is 5.41 Å². The molecule has 2 heterocycles. The van der Waals surface area contributed by atoms with Gasteiger partial charge in [-0.3, -0.25) is 14.4 Å². The van der Waals surface area contributed by atoms with Crippen LogP contribution in [0.5, 0.6) is 0 Å². The topological polar surface area (TPSA) is 195 Å². The number of amides is 3. The van der Waals surface area contributed by atoms with Crippen LogP contribution < -0.4 is 10.6 Å². The number of likely N-dealkylation sites (tertiary alicyclic amines) is 1. The average molecular weight is 723 g/mol. The molecule has 1 saturated heterocycles. The Balaban J connectivity index is 1.36. The summed E-state index contributed by atoms with van der Waals surface area (Å²) in [6, 6.07) is 5.99. The molecule has 1 aliphatic rings. The summed E-state index contributed by atoms with van der Waals surface area (Å²) in [4.78, 5) is 56.9. The monoisotopic (exact) mass is 722 g/mol. The second kappa shape index (κ2) is 21.0. The predicted octanol–water partition coefficient (Wildman–Crippen LogP) is 1.40. The molecule has 278 valence electrons. The van der Waals surface area contributed by atoms with E-state index in [4.69, 9.17) is 28.8 Å². The Kier molecular flexibility index (Phi) is 17.2. The highest BCUT2D eigenvalue weighted by atomic mass is 32.1. The maximum atomic E-state index is 13.8. The molecule has 3 atom stereocenters. The van der Waals surface area contributed by atoms with Gasteiger partial charge in [-0.05, 0) is 23.5 Å². The quantitative estimate of drug-likeness (QED) is 0.128. The van der Waals surface area contributed by atoms with Crippen LogP contribution in [0.2, 0.25) is 0 Å². The zero-order valence-corrected chi connectivity index (χ0v) is 30.0. The van der Waals surface area contributed by atoms with Crippen LogP contribution >= 0.6 is 11.3 Å². The first-order valence-electron chi connectivity index (χ1n) is 16.5. The molecular formula is C34H50N4O11S. The van der Waals surface area contributed by atoms with Crippen molar-refractivity contribution < 1.29 is 53.1 Å². The summed E-state index contributed by atoms with van der Waals surface area (Å²) < 4.78 is 26.3. The maximum absolute atomic E-state index is 13.8. The molecule has 1 aromatic carbocycles. The van der Waals surface area contributed by atoms with E-state index in [9.17, 15) is 24.3 Å². The van der Waals surface area contributed by atoms with Gasteiger partial charge in [0, 0.05) is 19.5 Å².